The van der Waals surface area contributed by atoms with Crippen molar-refractivity contribution in [1.29, 1.82) is 0 Å². The summed E-state index contributed by atoms with van der Waals surface area (Å²) in [6.07, 6.45) is -4.93. The van der Waals surface area contributed by atoms with Crippen molar-refractivity contribution in [3.8, 4) is 0 Å². The van der Waals surface area contributed by atoms with Crippen LogP contribution in [0.25, 0.3) is 16.6 Å². The van der Waals surface area contributed by atoms with Gasteiger partial charge >= 0.3 is 6.18 Å². The number of alkyl halides is 5. The number of benzene rings is 2. The number of rotatable bonds is 5. The normalized spacial score (nSPS) is 16.6. The van der Waals surface area contributed by atoms with Crippen molar-refractivity contribution >= 4 is 49.2 Å². The first-order valence-corrected chi connectivity index (χ1v) is 13.2. The molecule has 0 atom stereocenters. The summed E-state index contributed by atoms with van der Waals surface area (Å²) >= 11 is 0. The van der Waals surface area contributed by atoms with Gasteiger partial charge in [-0.15, -0.1) is 9.39 Å². The zero-order chi connectivity index (χ0) is 26.3. The Morgan fingerprint density at radius 3 is 2.50 bits per heavy atom. The topological polar surface area (TPSA) is 54.2 Å². The quantitative estimate of drug-likeness (QED) is 0.284. The van der Waals surface area contributed by atoms with E-state index < -0.39 is 27.1 Å². The van der Waals surface area contributed by atoms with E-state index in [2.05, 4.69) is 28.6 Å². The van der Waals surface area contributed by atoms with E-state index in [1.807, 2.05) is 6.07 Å². The highest BCUT2D eigenvalue weighted by atomic mass is 32.2. The highest BCUT2D eigenvalue weighted by Gasteiger charge is 2.33. The number of hydrogen-bond donors (Lipinski definition) is 2. The molecule has 1 saturated heterocycles. The zero-order valence-electron chi connectivity index (χ0n) is 19.5. The maximum atomic E-state index is 14.1. The number of pyridine rings is 1. The number of nitrogens with one attached hydrogen (secondary N) is 1. The average Bonchev–Trinajstić information content (AvgIpc) is 2.97. The maximum absolute atomic E-state index is 14.1. The third-order valence-corrected chi connectivity index (χ3v) is 7.26. The van der Waals surface area contributed by atoms with Gasteiger partial charge in [0.05, 0.1) is 11.1 Å². The van der Waals surface area contributed by atoms with Gasteiger partial charge in [-0.1, -0.05) is 30.5 Å². The molecule has 2 heterocycles. The Bertz CT molecular complexity index is 1410. The van der Waals surface area contributed by atoms with E-state index in [4.69, 9.17) is 5.14 Å². The fraction of sp³-hybridized carbons (Fsp3) is 0.269. The van der Waals surface area contributed by atoms with Gasteiger partial charge in [-0.2, -0.15) is 13.2 Å². The summed E-state index contributed by atoms with van der Waals surface area (Å²) in [5.41, 5.74) is 0.881. The van der Waals surface area contributed by atoms with Gasteiger partial charge in [0.15, 0.2) is 0 Å². The number of fused-ring (bicyclic) bond motifs is 1. The fourth-order valence-electron chi connectivity index (χ4n) is 4.14. The molecule has 0 spiro atoms. The Kier molecular flexibility index (Phi) is 6.78. The third kappa shape index (κ3) is 5.82. The molecule has 0 radical (unpaired) electrons. The SMILES string of the molecule is C=C(Nc1cccc(S(=C)(=C)N)c1)c1cc2ccc(C(F)(F)F)cc2nc1N1CCCC(F)(F)CC1. The molecule has 1 aromatic heterocycles. The number of halogens is 5. The first kappa shape index (κ1) is 26.0. The van der Waals surface area contributed by atoms with Crippen molar-refractivity contribution in [2.45, 2.75) is 36.3 Å². The molecule has 0 aliphatic carbocycles. The van der Waals surface area contributed by atoms with Gasteiger partial charge in [0, 0.05) is 53.2 Å². The zero-order valence-corrected chi connectivity index (χ0v) is 20.4. The predicted octanol–water partition coefficient (Wildman–Crippen LogP) is 6.86. The molecule has 0 amide bonds. The third-order valence-electron chi connectivity index (χ3n) is 6.07. The van der Waals surface area contributed by atoms with Crippen LogP contribution in [0.4, 0.5) is 33.5 Å². The summed E-state index contributed by atoms with van der Waals surface area (Å²) in [6, 6.07) is 12.2. The molecule has 4 nitrogen and oxygen atoms in total. The van der Waals surface area contributed by atoms with Gasteiger partial charge < -0.3 is 10.2 Å². The van der Waals surface area contributed by atoms with E-state index in [1.54, 1.807) is 29.2 Å². The summed E-state index contributed by atoms with van der Waals surface area (Å²) < 4.78 is 68.0. The summed E-state index contributed by atoms with van der Waals surface area (Å²) in [6.45, 7) is 4.43. The van der Waals surface area contributed by atoms with Crippen molar-refractivity contribution in [3.63, 3.8) is 0 Å². The summed E-state index contributed by atoms with van der Waals surface area (Å²) in [7, 11) is -1.96. The number of anilines is 2. The van der Waals surface area contributed by atoms with Crippen LogP contribution >= 0.6 is 9.39 Å². The van der Waals surface area contributed by atoms with E-state index >= 15 is 0 Å². The molecule has 4 rings (SSSR count). The van der Waals surface area contributed by atoms with Gasteiger partial charge in [0.2, 0.25) is 5.92 Å². The number of nitrogens with zero attached hydrogens (tertiary/aromatic N) is 2. The van der Waals surface area contributed by atoms with Gasteiger partial charge in [-0.3, -0.25) is 5.14 Å². The number of hydrogen-bond acceptors (Lipinski definition) is 4. The van der Waals surface area contributed by atoms with Crippen molar-refractivity contribution in [1.82, 2.24) is 4.98 Å². The van der Waals surface area contributed by atoms with Crippen molar-refractivity contribution < 1.29 is 22.0 Å². The van der Waals surface area contributed by atoms with Crippen LogP contribution in [0.2, 0.25) is 0 Å². The minimum absolute atomic E-state index is 0.0162. The van der Waals surface area contributed by atoms with Crippen molar-refractivity contribution in [3.05, 3.63) is 66.2 Å². The van der Waals surface area contributed by atoms with E-state index in [0.29, 0.717) is 34.7 Å². The lowest BCUT2D eigenvalue weighted by atomic mass is 10.1. The second-order valence-corrected chi connectivity index (χ2v) is 11.4. The second-order valence-electron chi connectivity index (χ2n) is 9.04. The first-order chi connectivity index (χ1) is 16.7. The lowest BCUT2D eigenvalue weighted by Crippen LogP contribution is -2.28. The largest absolute Gasteiger partial charge is 0.416 e. The summed E-state index contributed by atoms with van der Waals surface area (Å²) in [5, 5.41) is 9.75. The van der Waals surface area contributed by atoms with Gasteiger partial charge in [0.1, 0.15) is 5.82 Å². The standard InChI is InChI=1S/C26H27F5N4S/c1-17(33-20-6-4-7-21(16-20)36(2,3)32)22-14-18-8-9-19(26(29,30)31)15-23(18)34-24(22)35-12-5-10-25(27,28)11-13-35/h4,6-9,14-16,33H,1-3,5,10-13,32H2. The molecule has 1 aliphatic rings. The van der Waals surface area contributed by atoms with Crippen LogP contribution in [0.15, 0.2) is 60.0 Å². The minimum atomic E-state index is -4.53. The van der Waals surface area contributed by atoms with E-state index in [1.165, 1.54) is 6.07 Å². The highest BCUT2D eigenvalue weighted by molar-refractivity contribution is 8.26. The van der Waals surface area contributed by atoms with Crippen LogP contribution in [0.3, 0.4) is 0 Å². The van der Waals surface area contributed by atoms with Gasteiger partial charge in [0.25, 0.3) is 0 Å². The van der Waals surface area contributed by atoms with Gasteiger partial charge in [-0.05, 0) is 42.8 Å². The summed E-state index contributed by atoms with van der Waals surface area (Å²) in [5.74, 6) is 5.34. The molecule has 0 bridgehead atoms. The van der Waals surface area contributed by atoms with Crippen LogP contribution in [-0.4, -0.2) is 35.7 Å². The Labute approximate surface area is 207 Å². The molecule has 1 aliphatic heterocycles. The fourth-order valence-corrected chi connectivity index (χ4v) is 4.85. The average molecular weight is 523 g/mol. The monoisotopic (exact) mass is 522 g/mol. The van der Waals surface area contributed by atoms with Crippen LogP contribution in [-0.2, 0) is 6.18 Å². The lowest BCUT2D eigenvalue weighted by molar-refractivity contribution is -0.137. The molecule has 1 fully saturated rings. The Morgan fingerprint density at radius 1 is 1.06 bits per heavy atom. The molecular formula is C26H27F5N4S. The van der Waals surface area contributed by atoms with Crippen molar-refractivity contribution in [2.75, 3.05) is 23.3 Å². The molecule has 3 N–H and O–H groups in total. The number of nitrogens with two attached hydrogens (primary N) is 1. The second kappa shape index (κ2) is 9.40. The lowest BCUT2D eigenvalue weighted by Gasteiger charge is -2.26. The van der Waals surface area contributed by atoms with Crippen LogP contribution in [0.5, 0.6) is 0 Å². The summed E-state index contributed by atoms with van der Waals surface area (Å²) in [4.78, 5) is 6.98. The molecule has 192 valence electrons. The Hall–Kier alpha value is -3.11. The maximum Gasteiger partial charge on any atom is 0.416 e. The van der Waals surface area contributed by atoms with E-state index in [9.17, 15) is 22.0 Å². The highest BCUT2D eigenvalue weighted by Crippen LogP contribution is 2.37. The number of aromatic nitrogens is 1. The smallest absolute Gasteiger partial charge is 0.356 e. The van der Waals surface area contributed by atoms with Crippen LogP contribution < -0.4 is 15.4 Å². The van der Waals surface area contributed by atoms with Crippen molar-refractivity contribution in [2.24, 2.45) is 5.14 Å². The van der Waals surface area contributed by atoms with Crippen LogP contribution in [0, 0.1) is 0 Å². The molecule has 3 aromatic rings. The molecule has 10 heteroatoms. The van der Waals surface area contributed by atoms with Crippen LogP contribution in [0.1, 0.15) is 30.4 Å². The minimum Gasteiger partial charge on any atom is -0.356 e. The van der Waals surface area contributed by atoms with Gasteiger partial charge in [-0.25, -0.2) is 13.8 Å². The van der Waals surface area contributed by atoms with E-state index in [-0.39, 0.29) is 31.3 Å². The Balaban J connectivity index is 1.78. The first-order valence-electron chi connectivity index (χ1n) is 11.2. The molecule has 36 heavy (non-hydrogen) atoms. The Morgan fingerprint density at radius 2 is 1.81 bits per heavy atom. The molecule has 0 saturated carbocycles. The molecule has 2 aromatic carbocycles. The van der Waals surface area contributed by atoms with E-state index in [0.717, 1.165) is 17.0 Å². The predicted molar refractivity (Wildman–Crippen MR) is 141 cm³/mol. The molecular weight excluding hydrogens is 495 g/mol. The molecule has 0 unspecified atom stereocenters.